The summed E-state index contributed by atoms with van der Waals surface area (Å²) in [6.45, 7) is 3.10. The summed E-state index contributed by atoms with van der Waals surface area (Å²) in [5.74, 6) is 2.39. The number of rotatable bonds is 3. The Morgan fingerprint density at radius 3 is 2.84 bits per heavy atom. The Kier molecular flexibility index (Phi) is 3.08. The summed E-state index contributed by atoms with van der Waals surface area (Å²) in [5, 5.41) is 3.89. The van der Waals surface area contributed by atoms with Crippen LogP contribution in [0.5, 0.6) is 11.5 Å². The first-order chi connectivity index (χ1) is 9.28. The molecule has 1 aliphatic rings. The lowest BCUT2D eigenvalue weighted by Gasteiger charge is -2.18. The van der Waals surface area contributed by atoms with Gasteiger partial charge in [-0.1, -0.05) is 12.1 Å². The van der Waals surface area contributed by atoms with Crippen molar-refractivity contribution in [2.24, 2.45) is 5.73 Å². The fourth-order valence-corrected chi connectivity index (χ4v) is 1.86. The van der Waals surface area contributed by atoms with E-state index >= 15 is 0 Å². The normalized spacial score (nSPS) is 15.3. The van der Waals surface area contributed by atoms with Crippen molar-refractivity contribution in [1.82, 2.24) is 10.1 Å². The lowest BCUT2D eigenvalue weighted by atomic mass is 10.2. The van der Waals surface area contributed by atoms with Gasteiger partial charge < -0.3 is 19.7 Å². The third-order valence-electron chi connectivity index (χ3n) is 3.00. The van der Waals surface area contributed by atoms with Crippen molar-refractivity contribution < 1.29 is 14.0 Å². The van der Waals surface area contributed by atoms with Crippen LogP contribution in [0.4, 0.5) is 0 Å². The van der Waals surface area contributed by atoms with Crippen LogP contribution in [0.1, 0.15) is 25.2 Å². The zero-order chi connectivity index (χ0) is 13.2. The van der Waals surface area contributed by atoms with E-state index in [0.717, 1.165) is 17.7 Å². The summed E-state index contributed by atoms with van der Waals surface area (Å²) in [6.07, 6.45) is 0.764. The van der Waals surface area contributed by atoms with E-state index in [1.807, 2.05) is 25.1 Å². The molecule has 1 unspecified atom stereocenters. The van der Waals surface area contributed by atoms with Crippen molar-refractivity contribution in [2.75, 3.05) is 13.2 Å². The lowest BCUT2D eigenvalue weighted by Crippen LogP contribution is -2.15. The number of aromatic nitrogens is 2. The third-order valence-corrected chi connectivity index (χ3v) is 3.00. The Morgan fingerprint density at radius 2 is 2.05 bits per heavy atom. The first-order valence-electron chi connectivity index (χ1n) is 6.27. The van der Waals surface area contributed by atoms with Crippen LogP contribution in [0.15, 0.2) is 22.7 Å². The van der Waals surface area contributed by atoms with Gasteiger partial charge in [0, 0.05) is 5.56 Å². The standard InChI is InChI=1S/C13H15N3O3/c1-2-9(14)12-15-13(19-16-12)8-3-4-10-11(7-8)18-6-5-17-10/h3-4,7,9H,2,5-6,14H2,1H3. The maximum absolute atomic E-state index is 5.87. The van der Waals surface area contributed by atoms with Crippen molar-refractivity contribution in [2.45, 2.75) is 19.4 Å². The highest BCUT2D eigenvalue weighted by Crippen LogP contribution is 2.34. The van der Waals surface area contributed by atoms with Crippen LogP contribution in [-0.2, 0) is 0 Å². The van der Waals surface area contributed by atoms with Crippen LogP contribution < -0.4 is 15.2 Å². The molecule has 0 radical (unpaired) electrons. The molecule has 19 heavy (non-hydrogen) atoms. The molecule has 2 aromatic rings. The number of nitrogens with two attached hydrogens (primary N) is 1. The molecule has 2 heterocycles. The summed E-state index contributed by atoms with van der Waals surface area (Å²) in [5.41, 5.74) is 6.66. The van der Waals surface area contributed by atoms with Gasteiger partial charge in [-0.25, -0.2) is 0 Å². The van der Waals surface area contributed by atoms with E-state index in [2.05, 4.69) is 10.1 Å². The molecule has 1 aromatic heterocycles. The minimum atomic E-state index is -0.199. The van der Waals surface area contributed by atoms with E-state index in [4.69, 9.17) is 19.7 Å². The number of hydrogen-bond acceptors (Lipinski definition) is 6. The van der Waals surface area contributed by atoms with E-state index in [-0.39, 0.29) is 6.04 Å². The largest absolute Gasteiger partial charge is 0.486 e. The van der Waals surface area contributed by atoms with Crippen molar-refractivity contribution >= 4 is 0 Å². The predicted octanol–water partition coefficient (Wildman–Crippen LogP) is 1.92. The Hall–Kier alpha value is -2.08. The molecule has 1 atom stereocenters. The van der Waals surface area contributed by atoms with Crippen LogP contribution in [0.2, 0.25) is 0 Å². The number of hydrogen-bond donors (Lipinski definition) is 1. The molecule has 0 aliphatic carbocycles. The van der Waals surface area contributed by atoms with Crippen molar-refractivity contribution in [3.63, 3.8) is 0 Å². The average Bonchev–Trinajstić information content (AvgIpc) is 2.95. The molecule has 1 aromatic carbocycles. The smallest absolute Gasteiger partial charge is 0.258 e. The molecule has 3 rings (SSSR count). The molecule has 0 bridgehead atoms. The highest BCUT2D eigenvalue weighted by molar-refractivity contribution is 5.60. The minimum absolute atomic E-state index is 0.199. The first-order valence-corrected chi connectivity index (χ1v) is 6.27. The second kappa shape index (κ2) is 4.89. The van der Waals surface area contributed by atoms with E-state index < -0.39 is 0 Å². The van der Waals surface area contributed by atoms with Crippen molar-refractivity contribution in [3.8, 4) is 23.0 Å². The van der Waals surface area contributed by atoms with Gasteiger partial charge in [0.25, 0.3) is 5.89 Å². The Bertz CT molecular complexity index is 582. The maximum Gasteiger partial charge on any atom is 0.258 e. The monoisotopic (exact) mass is 261 g/mol. The molecule has 6 heteroatoms. The van der Waals surface area contributed by atoms with Gasteiger partial charge >= 0.3 is 0 Å². The molecule has 0 spiro atoms. The van der Waals surface area contributed by atoms with Crippen molar-refractivity contribution in [1.29, 1.82) is 0 Å². The number of fused-ring (bicyclic) bond motifs is 1. The minimum Gasteiger partial charge on any atom is -0.486 e. The van der Waals surface area contributed by atoms with E-state index in [0.29, 0.717) is 30.7 Å². The third kappa shape index (κ3) is 2.26. The van der Waals surface area contributed by atoms with E-state index in [1.165, 1.54) is 0 Å². The van der Waals surface area contributed by atoms with Gasteiger partial charge in [0.2, 0.25) is 0 Å². The van der Waals surface area contributed by atoms with Crippen LogP contribution in [-0.4, -0.2) is 23.4 Å². The fraction of sp³-hybridized carbons (Fsp3) is 0.385. The zero-order valence-corrected chi connectivity index (χ0v) is 10.6. The fourth-order valence-electron chi connectivity index (χ4n) is 1.86. The van der Waals surface area contributed by atoms with Gasteiger partial charge in [-0.2, -0.15) is 4.98 Å². The molecule has 0 saturated carbocycles. The van der Waals surface area contributed by atoms with Crippen LogP contribution in [0.3, 0.4) is 0 Å². The van der Waals surface area contributed by atoms with Crippen LogP contribution in [0.25, 0.3) is 11.5 Å². The maximum atomic E-state index is 5.87. The summed E-state index contributed by atoms with van der Waals surface area (Å²) in [7, 11) is 0. The van der Waals surface area contributed by atoms with Gasteiger partial charge in [-0.15, -0.1) is 0 Å². The molecule has 100 valence electrons. The van der Waals surface area contributed by atoms with E-state index in [1.54, 1.807) is 0 Å². The molecule has 1 aliphatic heterocycles. The highest BCUT2D eigenvalue weighted by atomic mass is 16.6. The van der Waals surface area contributed by atoms with Gasteiger partial charge in [0.05, 0.1) is 6.04 Å². The van der Waals surface area contributed by atoms with Gasteiger partial charge in [-0.3, -0.25) is 0 Å². The molecular weight excluding hydrogens is 246 g/mol. The summed E-state index contributed by atoms with van der Waals surface area (Å²) in [6, 6.07) is 5.34. The summed E-state index contributed by atoms with van der Waals surface area (Å²) < 4.78 is 16.2. The first kappa shape index (κ1) is 12.0. The Labute approximate surface area is 110 Å². The molecule has 0 fully saturated rings. The summed E-state index contributed by atoms with van der Waals surface area (Å²) >= 11 is 0. The van der Waals surface area contributed by atoms with Gasteiger partial charge in [0.15, 0.2) is 17.3 Å². The van der Waals surface area contributed by atoms with Crippen molar-refractivity contribution in [3.05, 3.63) is 24.0 Å². The summed E-state index contributed by atoms with van der Waals surface area (Å²) in [4.78, 5) is 4.30. The number of benzene rings is 1. The Balaban J connectivity index is 1.91. The Morgan fingerprint density at radius 1 is 1.26 bits per heavy atom. The van der Waals surface area contributed by atoms with Crippen LogP contribution >= 0.6 is 0 Å². The molecule has 0 amide bonds. The zero-order valence-electron chi connectivity index (χ0n) is 10.6. The van der Waals surface area contributed by atoms with Gasteiger partial charge in [0.1, 0.15) is 13.2 Å². The molecular formula is C13H15N3O3. The molecule has 2 N–H and O–H groups in total. The highest BCUT2D eigenvalue weighted by Gasteiger charge is 2.17. The number of ether oxygens (including phenoxy) is 2. The quantitative estimate of drug-likeness (QED) is 0.908. The van der Waals surface area contributed by atoms with E-state index in [9.17, 15) is 0 Å². The average molecular weight is 261 g/mol. The molecule has 0 saturated heterocycles. The van der Waals surface area contributed by atoms with Gasteiger partial charge in [-0.05, 0) is 24.6 Å². The topological polar surface area (TPSA) is 83.4 Å². The molecule has 6 nitrogen and oxygen atoms in total. The lowest BCUT2D eigenvalue weighted by molar-refractivity contribution is 0.171. The number of nitrogens with zero attached hydrogens (tertiary/aromatic N) is 2. The second-order valence-electron chi connectivity index (χ2n) is 4.33. The van der Waals surface area contributed by atoms with Crippen LogP contribution in [0, 0.1) is 0 Å². The predicted molar refractivity (Wildman–Crippen MR) is 67.9 cm³/mol. The second-order valence-corrected chi connectivity index (χ2v) is 4.33. The SMILES string of the molecule is CCC(N)c1noc(-c2ccc3c(c2)OCCO3)n1.